The predicted octanol–water partition coefficient (Wildman–Crippen LogP) is 4.93. The van der Waals surface area contributed by atoms with E-state index in [1.165, 1.54) is 0 Å². The van der Waals surface area contributed by atoms with Gasteiger partial charge in [-0.2, -0.15) is 0 Å². The zero-order chi connectivity index (χ0) is 21.1. The first-order valence-electron chi connectivity index (χ1n) is 9.76. The first kappa shape index (κ1) is 23.4. The van der Waals surface area contributed by atoms with Crippen LogP contribution in [-0.2, 0) is 8.76 Å². The van der Waals surface area contributed by atoms with Gasteiger partial charge in [0.15, 0.2) is 14.1 Å². The van der Waals surface area contributed by atoms with Crippen molar-refractivity contribution in [1.29, 1.82) is 0 Å². The van der Waals surface area contributed by atoms with Gasteiger partial charge in [-0.1, -0.05) is 58.9 Å². The van der Waals surface area contributed by atoms with E-state index in [0.29, 0.717) is 10.7 Å². The summed E-state index contributed by atoms with van der Waals surface area (Å²) in [5, 5.41) is 21.5. The van der Waals surface area contributed by atoms with E-state index in [-0.39, 0.29) is 23.0 Å². The third-order valence-corrected chi connectivity index (χ3v) is 11.0. The quantitative estimate of drug-likeness (QED) is 0.291. The molecule has 5 nitrogen and oxygen atoms in total. The molecule has 0 amide bonds. The molecule has 0 fully saturated rings. The molecule has 0 heterocycles. The molecule has 0 radical (unpaired) electrons. The van der Waals surface area contributed by atoms with E-state index in [2.05, 4.69) is 40.8 Å². The molecule has 2 rings (SSSR count). The van der Waals surface area contributed by atoms with Crippen LogP contribution in [0.2, 0.25) is 18.1 Å². The summed E-state index contributed by atoms with van der Waals surface area (Å²) in [5.74, 6) is 0.363. The number of aliphatic hydroxyl groups is 2. The van der Waals surface area contributed by atoms with Crippen molar-refractivity contribution in [3.05, 3.63) is 41.3 Å². The van der Waals surface area contributed by atoms with Crippen LogP contribution in [-0.4, -0.2) is 36.8 Å². The second kappa shape index (κ2) is 9.32. The van der Waals surface area contributed by atoms with E-state index < -0.39 is 20.5 Å². The van der Waals surface area contributed by atoms with Gasteiger partial charge >= 0.3 is 0 Å². The number of hydrogen-bond donors (Lipinski definition) is 2. The molecule has 0 saturated carbocycles. The lowest BCUT2D eigenvalue weighted by atomic mass is 9.90. The Kier molecular flexibility index (Phi) is 7.81. The van der Waals surface area contributed by atoms with Crippen LogP contribution >= 0.6 is 12.0 Å². The fourth-order valence-corrected chi connectivity index (χ4v) is 5.12. The van der Waals surface area contributed by atoms with Gasteiger partial charge in [0.2, 0.25) is 0 Å². The molecule has 0 aliphatic heterocycles. The van der Waals surface area contributed by atoms with Crippen LogP contribution in [0, 0.1) is 11.8 Å². The molecule has 0 unspecified atom stereocenters. The van der Waals surface area contributed by atoms with Crippen LogP contribution in [0.15, 0.2) is 41.3 Å². The Balaban J connectivity index is 2.13. The molecule has 1 aliphatic rings. The summed E-state index contributed by atoms with van der Waals surface area (Å²) in [6, 6.07) is 9.14. The van der Waals surface area contributed by atoms with Gasteiger partial charge in [-0.3, -0.25) is 0 Å². The fourth-order valence-electron chi connectivity index (χ4n) is 2.96. The molecule has 7 heteroatoms. The van der Waals surface area contributed by atoms with Crippen LogP contribution in [0.3, 0.4) is 0 Å². The summed E-state index contributed by atoms with van der Waals surface area (Å²) < 4.78 is 11.9. The van der Waals surface area contributed by atoms with E-state index in [1.54, 1.807) is 12.1 Å². The van der Waals surface area contributed by atoms with Gasteiger partial charge in [0.25, 0.3) is 0 Å². The highest BCUT2D eigenvalue weighted by Crippen LogP contribution is 2.42. The van der Waals surface area contributed by atoms with Crippen LogP contribution in [0.4, 0.5) is 0 Å². The minimum atomic E-state index is -2.03. The second-order valence-electron chi connectivity index (χ2n) is 9.11. The average Bonchev–Trinajstić information content (AvgIpc) is 2.69. The third kappa shape index (κ3) is 5.61. The lowest BCUT2D eigenvalue weighted by Crippen LogP contribution is -2.49. The molecule has 1 aliphatic carbocycles. The summed E-state index contributed by atoms with van der Waals surface area (Å²) in [6.45, 7) is 15.0. The maximum atomic E-state index is 10.7. The van der Waals surface area contributed by atoms with Crippen molar-refractivity contribution in [2.24, 2.45) is 11.8 Å². The van der Waals surface area contributed by atoms with E-state index in [9.17, 15) is 10.2 Å². The highest BCUT2D eigenvalue weighted by atomic mass is 32.2. The fraction of sp³-hybridized carbons (Fsp3) is 0.619. The Hall–Kier alpha value is -0.833. The third-order valence-electron chi connectivity index (χ3n) is 5.86. The zero-order valence-corrected chi connectivity index (χ0v) is 19.7. The SMILES string of the molecule is C[C@H]1[C@H](O)[C@H](O)C(SOOc2ccccc2)=C[C@H](C)[C@H]1O[Si](C)(C)C(C)(C)C. The highest BCUT2D eigenvalue weighted by Gasteiger charge is 2.45. The largest absolute Gasteiger partial charge is 0.413 e. The lowest BCUT2D eigenvalue weighted by molar-refractivity contribution is -0.0782. The highest BCUT2D eigenvalue weighted by molar-refractivity contribution is 7.98. The molecular formula is C21H34O5SSi. The Morgan fingerprint density at radius 3 is 2.21 bits per heavy atom. The number of para-hydroxylation sites is 1. The molecule has 0 spiro atoms. The summed E-state index contributed by atoms with van der Waals surface area (Å²) in [6.07, 6.45) is -0.249. The molecule has 28 heavy (non-hydrogen) atoms. The maximum Gasteiger partial charge on any atom is 0.192 e. The van der Waals surface area contributed by atoms with Crippen molar-refractivity contribution >= 4 is 20.4 Å². The summed E-state index contributed by atoms with van der Waals surface area (Å²) >= 11 is 0.933. The van der Waals surface area contributed by atoms with Crippen LogP contribution in [0.25, 0.3) is 0 Å². The van der Waals surface area contributed by atoms with E-state index in [0.717, 1.165) is 12.0 Å². The van der Waals surface area contributed by atoms with Crippen LogP contribution in [0.5, 0.6) is 5.75 Å². The van der Waals surface area contributed by atoms with E-state index in [1.807, 2.05) is 31.2 Å². The zero-order valence-electron chi connectivity index (χ0n) is 17.9. The first-order chi connectivity index (χ1) is 12.9. The molecule has 5 atom stereocenters. The standard InChI is InChI=1S/C21H34O5SSi/c1-14-13-17(27-26-24-16-11-9-8-10-12-16)19(23)18(22)15(2)20(14)25-28(6,7)21(3,4)5/h8-15,18-20,22-23H,1-7H3/t14-,15-,18-,19+,20+/m0/s1. The van der Waals surface area contributed by atoms with Crippen molar-refractivity contribution in [2.45, 2.75) is 71.1 Å². The summed E-state index contributed by atoms with van der Waals surface area (Å²) in [5.41, 5.74) is 0. The molecule has 0 aromatic heterocycles. The van der Waals surface area contributed by atoms with Crippen molar-refractivity contribution in [3.63, 3.8) is 0 Å². The van der Waals surface area contributed by atoms with E-state index in [4.69, 9.17) is 13.6 Å². The normalized spacial score (nSPS) is 29.2. The van der Waals surface area contributed by atoms with Gasteiger partial charge in [0.1, 0.15) is 6.10 Å². The van der Waals surface area contributed by atoms with Gasteiger partial charge in [-0.05, 0) is 30.3 Å². The number of aliphatic hydroxyl groups excluding tert-OH is 2. The summed E-state index contributed by atoms with van der Waals surface area (Å²) in [4.78, 5) is 5.78. The minimum Gasteiger partial charge on any atom is -0.413 e. The maximum absolute atomic E-state index is 10.7. The van der Waals surface area contributed by atoms with Crippen molar-refractivity contribution in [3.8, 4) is 5.75 Å². The molecule has 1 aromatic carbocycles. The predicted molar refractivity (Wildman–Crippen MR) is 116 cm³/mol. The first-order valence-corrected chi connectivity index (χ1v) is 13.4. The summed E-state index contributed by atoms with van der Waals surface area (Å²) in [7, 11) is -2.03. The Labute approximate surface area is 174 Å². The minimum absolute atomic E-state index is 0.0127. The van der Waals surface area contributed by atoms with Gasteiger partial charge in [0.05, 0.1) is 24.3 Å². The van der Waals surface area contributed by atoms with Crippen molar-refractivity contribution in [1.82, 2.24) is 0 Å². The van der Waals surface area contributed by atoms with E-state index >= 15 is 0 Å². The number of hydrogen-bond acceptors (Lipinski definition) is 6. The average molecular weight is 427 g/mol. The lowest BCUT2D eigenvalue weighted by Gasteiger charge is -2.42. The molecule has 0 saturated heterocycles. The molecular weight excluding hydrogens is 392 g/mol. The van der Waals surface area contributed by atoms with Gasteiger partial charge < -0.3 is 19.5 Å². The van der Waals surface area contributed by atoms with Gasteiger partial charge in [-0.15, -0.1) is 4.33 Å². The molecule has 2 N–H and O–H groups in total. The van der Waals surface area contributed by atoms with Gasteiger partial charge in [0, 0.05) is 16.7 Å². The van der Waals surface area contributed by atoms with Crippen molar-refractivity contribution in [2.75, 3.05) is 0 Å². The number of rotatable bonds is 6. The Bertz CT molecular complexity index is 659. The van der Waals surface area contributed by atoms with Crippen LogP contribution < -0.4 is 4.89 Å². The Morgan fingerprint density at radius 1 is 1.04 bits per heavy atom. The van der Waals surface area contributed by atoms with Gasteiger partial charge in [-0.25, -0.2) is 0 Å². The smallest absolute Gasteiger partial charge is 0.192 e. The molecule has 158 valence electrons. The topological polar surface area (TPSA) is 68.2 Å². The second-order valence-corrected chi connectivity index (χ2v) is 14.6. The van der Waals surface area contributed by atoms with Crippen molar-refractivity contribution < 1.29 is 23.9 Å². The monoisotopic (exact) mass is 426 g/mol. The molecule has 1 aromatic rings. The Morgan fingerprint density at radius 2 is 1.64 bits per heavy atom. The molecule has 0 bridgehead atoms. The number of benzene rings is 1. The van der Waals surface area contributed by atoms with Crippen LogP contribution in [0.1, 0.15) is 34.6 Å².